The number of carbonyl (C=O) groups excluding carboxylic acids is 2. The Hall–Kier alpha value is -3.49. The number of benzene rings is 2. The van der Waals surface area contributed by atoms with Gasteiger partial charge in [0.05, 0.1) is 11.3 Å². The van der Waals surface area contributed by atoms with Gasteiger partial charge >= 0.3 is 6.18 Å². The number of carbonyl (C=O) groups is 2. The number of likely N-dealkylation sites (N-methyl/N-ethyl adjacent to an activating group) is 1. The zero-order valence-electron chi connectivity index (χ0n) is 20.9. The van der Waals surface area contributed by atoms with Crippen LogP contribution in [0.2, 0.25) is 0 Å². The Morgan fingerprint density at radius 1 is 1.08 bits per heavy atom. The van der Waals surface area contributed by atoms with E-state index in [-0.39, 0.29) is 11.7 Å². The van der Waals surface area contributed by atoms with Crippen LogP contribution in [0.3, 0.4) is 0 Å². The van der Waals surface area contributed by atoms with Gasteiger partial charge in [0.15, 0.2) is 5.60 Å². The average molecular weight is 503 g/mol. The van der Waals surface area contributed by atoms with Crippen LogP contribution in [-0.4, -0.2) is 30.1 Å². The molecule has 0 atom stereocenters. The van der Waals surface area contributed by atoms with Crippen molar-refractivity contribution < 1.29 is 32.2 Å². The SMILES string of the molecule is CCC1(CC)CC(=CC(=O)Nc2ccc3c(c2)N(C)C(=O)C(C)(C)O3)c2ccc(C(F)(F)F)cc2O1. The molecule has 0 aliphatic carbocycles. The van der Waals surface area contributed by atoms with Crippen molar-refractivity contribution in [3.8, 4) is 11.5 Å². The van der Waals surface area contributed by atoms with E-state index < -0.39 is 28.8 Å². The second-order valence-electron chi connectivity index (χ2n) is 9.70. The third-order valence-electron chi connectivity index (χ3n) is 6.86. The van der Waals surface area contributed by atoms with E-state index in [1.165, 1.54) is 17.0 Å². The summed E-state index contributed by atoms with van der Waals surface area (Å²) in [7, 11) is 1.64. The van der Waals surface area contributed by atoms with Crippen molar-refractivity contribution in [1.82, 2.24) is 0 Å². The zero-order chi connectivity index (χ0) is 26.5. The van der Waals surface area contributed by atoms with Crippen molar-refractivity contribution in [3.63, 3.8) is 0 Å². The molecule has 36 heavy (non-hydrogen) atoms. The minimum Gasteiger partial charge on any atom is -0.486 e. The molecule has 0 aromatic heterocycles. The number of fused-ring (bicyclic) bond motifs is 2. The number of alkyl halides is 3. The summed E-state index contributed by atoms with van der Waals surface area (Å²) in [4.78, 5) is 27.0. The second-order valence-corrected chi connectivity index (χ2v) is 9.70. The number of nitrogens with zero attached hydrogens (tertiary/aromatic N) is 1. The van der Waals surface area contributed by atoms with Gasteiger partial charge in [0.25, 0.3) is 5.91 Å². The van der Waals surface area contributed by atoms with Gasteiger partial charge in [-0.25, -0.2) is 0 Å². The molecule has 0 fully saturated rings. The first-order valence-electron chi connectivity index (χ1n) is 11.8. The van der Waals surface area contributed by atoms with Crippen LogP contribution < -0.4 is 19.7 Å². The number of anilines is 2. The molecule has 2 aliphatic heterocycles. The molecule has 2 aromatic carbocycles. The summed E-state index contributed by atoms with van der Waals surface area (Å²) in [5.74, 6) is -0.0154. The number of hydrogen-bond donors (Lipinski definition) is 1. The molecule has 0 unspecified atom stereocenters. The summed E-state index contributed by atoms with van der Waals surface area (Å²) < 4.78 is 51.8. The molecule has 0 bridgehead atoms. The van der Waals surface area contributed by atoms with Crippen molar-refractivity contribution in [2.45, 2.75) is 64.3 Å². The average Bonchev–Trinajstić information content (AvgIpc) is 2.82. The highest BCUT2D eigenvalue weighted by Crippen LogP contribution is 2.45. The highest BCUT2D eigenvalue weighted by molar-refractivity contribution is 6.06. The van der Waals surface area contributed by atoms with E-state index in [4.69, 9.17) is 9.47 Å². The van der Waals surface area contributed by atoms with E-state index in [2.05, 4.69) is 5.32 Å². The lowest BCUT2D eigenvalue weighted by Gasteiger charge is -2.39. The van der Waals surface area contributed by atoms with Gasteiger partial charge in [-0.05, 0) is 62.6 Å². The lowest BCUT2D eigenvalue weighted by Crippen LogP contribution is -2.50. The molecule has 1 N–H and O–H groups in total. The van der Waals surface area contributed by atoms with Gasteiger partial charge in [-0.3, -0.25) is 9.59 Å². The van der Waals surface area contributed by atoms with Gasteiger partial charge < -0.3 is 19.7 Å². The van der Waals surface area contributed by atoms with Crippen molar-refractivity contribution in [2.24, 2.45) is 0 Å². The van der Waals surface area contributed by atoms with Crippen LogP contribution in [0.5, 0.6) is 11.5 Å². The monoisotopic (exact) mass is 502 g/mol. The van der Waals surface area contributed by atoms with Gasteiger partial charge in [-0.15, -0.1) is 0 Å². The minimum atomic E-state index is -4.50. The van der Waals surface area contributed by atoms with E-state index in [9.17, 15) is 22.8 Å². The van der Waals surface area contributed by atoms with Crippen molar-refractivity contribution in [1.29, 1.82) is 0 Å². The zero-order valence-corrected chi connectivity index (χ0v) is 20.9. The number of rotatable bonds is 4. The van der Waals surface area contributed by atoms with Crippen LogP contribution in [-0.2, 0) is 15.8 Å². The molecule has 4 rings (SSSR count). The predicted molar refractivity (Wildman–Crippen MR) is 131 cm³/mol. The van der Waals surface area contributed by atoms with Crippen LogP contribution in [0.1, 0.15) is 58.1 Å². The Morgan fingerprint density at radius 3 is 2.42 bits per heavy atom. The van der Waals surface area contributed by atoms with Gasteiger partial charge in [-0.2, -0.15) is 13.2 Å². The topological polar surface area (TPSA) is 67.9 Å². The number of amides is 2. The highest BCUT2D eigenvalue weighted by atomic mass is 19.4. The molecule has 192 valence electrons. The Balaban J connectivity index is 1.65. The Morgan fingerprint density at radius 2 is 1.78 bits per heavy atom. The molecular formula is C27H29F3N2O4. The van der Waals surface area contributed by atoms with E-state index in [0.29, 0.717) is 47.5 Å². The van der Waals surface area contributed by atoms with Crippen LogP contribution in [0, 0.1) is 0 Å². The fourth-order valence-electron chi connectivity index (χ4n) is 4.65. The number of hydrogen-bond acceptors (Lipinski definition) is 4. The van der Waals surface area contributed by atoms with E-state index in [1.807, 2.05) is 13.8 Å². The molecule has 0 saturated carbocycles. The van der Waals surface area contributed by atoms with E-state index in [1.54, 1.807) is 39.1 Å². The highest BCUT2D eigenvalue weighted by Gasteiger charge is 2.40. The standard InChI is InChI=1S/C27H29F3N2O4/c1-6-26(7-2)15-16(19-10-8-17(27(28,29)30)13-22(19)36-26)12-23(33)31-18-9-11-21-20(14-18)32(5)24(34)25(3,4)35-21/h8-14H,6-7,15H2,1-5H3,(H,31,33). The lowest BCUT2D eigenvalue weighted by atomic mass is 9.83. The maximum Gasteiger partial charge on any atom is 0.416 e. The molecule has 2 heterocycles. The Labute approximate surface area is 208 Å². The quantitative estimate of drug-likeness (QED) is 0.506. The van der Waals surface area contributed by atoms with Gasteiger partial charge in [-0.1, -0.05) is 19.9 Å². The number of ether oxygens (including phenoxy) is 2. The maximum absolute atomic E-state index is 13.3. The smallest absolute Gasteiger partial charge is 0.416 e. The van der Waals surface area contributed by atoms with Gasteiger partial charge in [0.2, 0.25) is 5.91 Å². The summed E-state index contributed by atoms with van der Waals surface area (Å²) in [6.07, 6.45) is -1.57. The van der Waals surface area contributed by atoms with Crippen molar-refractivity contribution in [3.05, 3.63) is 53.6 Å². The number of halogens is 3. The first kappa shape index (κ1) is 25.6. The Kier molecular flexibility index (Phi) is 6.31. The summed E-state index contributed by atoms with van der Waals surface area (Å²) in [5.41, 5.74) is -0.464. The molecule has 0 saturated heterocycles. The molecule has 2 aromatic rings. The fraction of sp³-hybridized carbons (Fsp3) is 0.407. The molecule has 2 aliphatic rings. The Bertz CT molecular complexity index is 1250. The summed E-state index contributed by atoms with van der Waals surface area (Å²) in [6.45, 7) is 7.20. The van der Waals surface area contributed by atoms with Crippen LogP contribution in [0.15, 0.2) is 42.5 Å². The molecule has 2 amide bonds. The van der Waals surface area contributed by atoms with Crippen LogP contribution in [0.25, 0.3) is 5.57 Å². The van der Waals surface area contributed by atoms with E-state index in [0.717, 1.165) is 12.1 Å². The largest absolute Gasteiger partial charge is 0.486 e. The van der Waals surface area contributed by atoms with Crippen LogP contribution >= 0.6 is 0 Å². The molecule has 6 nitrogen and oxygen atoms in total. The van der Waals surface area contributed by atoms with Crippen LogP contribution in [0.4, 0.5) is 24.5 Å². The maximum atomic E-state index is 13.3. The molecule has 0 radical (unpaired) electrons. The van der Waals surface area contributed by atoms with Gasteiger partial charge in [0.1, 0.15) is 17.1 Å². The lowest BCUT2D eigenvalue weighted by molar-refractivity contribution is -0.137. The predicted octanol–water partition coefficient (Wildman–Crippen LogP) is 6.20. The molecule has 0 spiro atoms. The second kappa shape index (κ2) is 8.87. The third-order valence-corrected chi connectivity index (χ3v) is 6.86. The summed E-state index contributed by atoms with van der Waals surface area (Å²) in [6, 6.07) is 8.35. The summed E-state index contributed by atoms with van der Waals surface area (Å²) in [5, 5.41) is 2.80. The normalized spacial score (nSPS) is 19.2. The first-order valence-corrected chi connectivity index (χ1v) is 11.8. The molecular weight excluding hydrogens is 473 g/mol. The fourth-order valence-corrected chi connectivity index (χ4v) is 4.65. The minimum absolute atomic E-state index is 0.118. The van der Waals surface area contributed by atoms with Gasteiger partial charge in [0, 0.05) is 30.8 Å². The summed E-state index contributed by atoms with van der Waals surface area (Å²) >= 11 is 0. The van der Waals surface area contributed by atoms with Crippen molar-refractivity contribution in [2.75, 3.05) is 17.3 Å². The number of nitrogens with one attached hydrogen (secondary N) is 1. The first-order chi connectivity index (χ1) is 16.8. The van der Waals surface area contributed by atoms with Crippen molar-refractivity contribution >= 4 is 28.8 Å². The van der Waals surface area contributed by atoms with E-state index >= 15 is 0 Å². The third kappa shape index (κ3) is 4.66. The molecule has 9 heteroatoms.